The third-order valence-corrected chi connectivity index (χ3v) is 3.24. The maximum Gasteiger partial charge on any atom is 0.147 e. The van der Waals surface area contributed by atoms with E-state index in [0.29, 0.717) is 17.4 Å². The van der Waals surface area contributed by atoms with Crippen LogP contribution in [0.2, 0.25) is 0 Å². The van der Waals surface area contributed by atoms with Crippen LogP contribution in [0.1, 0.15) is 5.56 Å². The molecule has 2 N–H and O–H groups in total. The van der Waals surface area contributed by atoms with Crippen molar-refractivity contribution >= 4 is 39.2 Å². The fourth-order valence-electron chi connectivity index (χ4n) is 1.12. The van der Waals surface area contributed by atoms with E-state index < -0.39 is 0 Å². The molecule has 0 heterocycles. The SMILES string of the molecule is CSc1ccc(N)c(CC(=O)CBr)c1. The smallest absolute Gasteiger partial charge is 0.147 e. The Hall–Kier alpha value is -0.480. The van der Waals surface area contributed by atoms with Gasteiger partial charge >= 0.3 is 0 Å². The molecule has 76 valence electrons. The summed E-state index contributed by atoms with van der Waals surface area (Å²) in [6.45, 7) is 0. The van der Waals surface area contributed by atoms with Gasteiger partial charge in [0.1, 0.15) is 5.78 Å². The molecule has 0 aliphatic heterocycles. The zero-order chi connectivity index (χ0) is 10.6. The number of rotatable bonds is 4. The molecule has 0 saturated carbocycles. The van der Waals surface area contributed by atoms with Gasteiger partial charge in [0.15, 0.2) is 0 Å². The lowest BCUT2D eigenvalue weighted by Crippen LogP contribution is -2.06. The number of alkyl halides is 1. The lowest BCUT2D eigenvalue weighted by molar-refractivity contribution is -0.115. The van der Waals surface area contributed by atoms with Crippen LogP contribution in [0.3, 0.4) is 0 Å². The maximum atomic E-state index is 11.2. The summed E-state index contributed by atoms with van der Waals surface area (Å²) in [6.07, 6.45) is 2.41. The normalized spacial score (nSPS) is 10.1. The topological polar surface area (TPSA) is 43.1 Å². The Balaban J connectivity index is 2.89. The first-order valence-corrected chi connectivity index (χ1v) is 6.52. The van der Waals surface area contributed by atoms with E-state index in [0.717, 1.165) is 10.5 Å². The molecular formula is C10H12BrNOS. The van der Waals surface area contributed by atoms with Crippen LogP contribution in [-0.2, 0) is 11.2 Å². The molecule has 0 unspecified atom stereocenters. The van der Waals surface area contributed by atoms with Gasteiger partial charge in [-0.2, -0.15) is 0 Å². The summed E-state index contributed by atoms with van der Waals surface area (Å²) in [4.78, 5) is 12.4. The van der Waals surface area contributed by atoms with Crippen molar-refractivity contribution in [2.45, 2.75) is 11.3 Å². The number of ketones is 1. The number of thioether (sulfide) groups is 1. The molecule has 0 amide bonds. The van der Waals surface area contributed by atoms with Gasteiger partial charge < -0.3 is 5.73 Å². The molecule has 0 radical (unpaired) electrons. The van der Waals surface area contributed by atoms with Gasteiger partial charge in [0, 0.05) is 17.0 Å². The predicted molar refractivity (Wildman–Crippen MR) is 65.1 cm³/mol. The fraction of sp³-hybridized carbons (Fsp3) is 0.300. The van der Waals surface area contributed by atoms with E-state index in [1.165, 1.54) is 0 Å². The Labute approximate surface area is 96.4 Å². The van der Waals surface area contributed by atoms with Crippen molar-refractivity contribution in [2.75, 3.05) is 17.3 Å². The minimum atomic E-state index is 0.148. The second-order valence-electron chi connectivity index (χ2n) is 2.91. The van der Waals surface area contributed by atoms with E-state index in [-0.39, 0.29) is 5.78 Å². The Morgan fingerprint density at radius 1 is 1.57 bits per heavy atom. The van der Waals surface area contributed by atoms with Crippen molar-refractivity contribution in [1.29, 1.82) is 0 Å². The van der Waals surface area contributed by atoms with Crippen LogP contribution >= 0.6 is 27.7 Å². The number of carbonyl (C=O) groups excluding carboxylic acids is 1. The van der Waals surface area contributed by atoms with Gasteiger partial charge in [-0.3, -0.25) is 4.79 Å². The largest absolute Gasteiger partial charge is 0.398 e. The number of Topliss-reactive ketones (excluding diaryl/α,β-unsaturated/α-hetero) is 1. The average molecular weight is 274 g/mol. The second-order valence-corrected chi connectivity index (χ2v) is 4.35. The molecule has 0 saturated heterocycles. The molecular weight excluding hydrogens is 262 g/mol. The van der Waals surface area contributed by atoms with Gasteiger partial charge in [0.2, 0.25) is 0 Å². The second kappa shape index (κ2) is 5.41. The molecule has 2 nitrogen and oxygen atoms in total. The summed E-state index contributed by atoms with van der Waals surface area (Å²) in [5.41, 5.74) is 7.38. The predicted octanol–water partition coefficient (Wildman–Crippen LogP) is 2.50. The van der Waals surface area contributed by atoms with Gasteiger partial charge in [0.05, 0.1) is 5.33 Å². The standard InChI is InChI=1S/C10H12BrNOS/c1-14-9-2-3-10(12)7(5-9)4-8(13)6-11/h2-3,5H,4,6,12H2,1H3. The molecule has 0 aliphatic rings. The van der Waals surface area contributed by atoms with Crippen LogP contribution in [0.15, 0.2) is 23.1 Å². The lowest BCUT2D eigenvalue weighted by Gasteiger charge is -2.05. The van der Waals surface area contributed by atoms with Crippen molar-refractivity contribution in [1.82, 2.24) is 0 Å². The Morgan fingerprint density at radius 3 is 2.86 bits per heavy atom. The van der Waals surface area contributed by atoms with Gasteiger partial charge in [-0.05, 0) is 30.0 Å². The van der Waals surface area contributed by atoms with E-state index in [1.54, 1.807) is 11.8 Å². The molecule has 0 aliphatic carbocycles. The number of nitrogens with two attached hydrogens (primary N) is 1. The van der Waals surface area contributed by atoms with E-state index in [2.05, 4.69) is 15.9 Å². The van der Waals surface area contributed by atoms with E-state index in [9.17, 15) is 4.79 Å². The Bertz CT molecular complexity index is 341. The zero-order valence-corrected chi connectivity index (χ0v) is 10.3. The average Bonchev–Trinajstić information content (AvgIpc) is 2.21. The molecule has 0 fully saturated rings. The van der Waals surface area contributed by atoms with Crippen LogP contribution in [0.5, 0.6) is 0 Å². The highest BCUT2D eigenvalue weighted by Gasteiger charge is 2.05. The van der Waals surface area contributed by atoms with E-state index >= 15 is 0 Å². The highest BCUT2D eigenvalue weighted by atomic mass is 79.9. The van der Waals surface area contributed by atoms with E-state index in [1.807, 2.05) is 24.5 Å². The molecule has 1 aromatic rings. The Morgan fingerprint density at radius 2 is 2.29 bits per heavy atom. The Kier molecular flexibility index (Phi) is 4.48. The number of hydrogen-bond acceptors (Lipinski definition) is 3. The molecule has 14 heavy (non-hydrogen) atoms. The van der Waals surface area contributed by atoms with Crippen LogP contribution in [0.25, 0.3) is 0 Å². The summed E-state index contributed by atoms with van der Waals surface area (Å²) in [6, 6.07) is 5.78. The molecule has 0 bridgehead atoms. The minimum absolute atomic E-state index is 0.148. The molecule has 1 aromatic carbocycles. The fourth-order valence-corrected chi connectivity index (χ4v) is 1.78. The number of anilines is 1. The van der Waals surface area contributed by atoms with Gasteiger partial charge in [0.25, 0.3) is 0 Å². The molecule has 0 spiro atoms. The van der Waals surface area contributed by atoms with Gasteiger partial charge in [-0.15, -0.1) is 11.8 Å². The van der Waals surface area contributed by atoms with Crippen LogP contribution in [-0.4, -0.2) is 17.4 Å². The summed E-state index contributed by atoms with van der Waals surface area (Å²) < 4.78 is 0. The summed E-state index contributed by atoms with van der Waals surface area (Å²) in [5.74, 6) is 0.148. The number of hydrogen-bond donors (Lipinski definition) is 1. The van der Waals surface area contributed by atoms with Crippen LogP contribution in [0, 0.1) is 0 Å². The first-order valence-electron chi connectivity index (χ1n) is 4.17. The number of nitrogen functional groups attached to an aromatic ring is 1. The number of halogens is 1. The van der Waals surface area contributed by atoms with Gasteiger partial charge in [-0.1, -0.05) is 15.9 Å². The summed E-state index contributed by atoms with van der Waals surface area (Å²) in [7, 11) is 0. The van der Waals surface area contributed by atoms with Crippen molar-refractivity contribution < 1.29 is 4.79 Å². The zero-order valence-electron chi connectivity index (χ0n) is 7.92. The molecule has 0 aromatic heterocycles. The van der Waals surface area contributed by atoms with Gasteiger partial charge in [-0.25, -0.2) is 0 Å². The maximum absolute atomic E-state index is 11.2. The van der Waals surface area contributed by atoms with Crippen LogP contribution in [0.4, 0.5) is 5.69 Å². The summed E-state index contributed by atoms with van der Waals surface area (Å²) in [5, 5.41) is 0.385. The third-order valence-electron chi connectivity index (χ3n) is 1.89. The highest BCUT2D eigenvalue weighted by molar-refractivity contribution is 9.09. The first-order chi connectivity index (χ1) is 6.67. The highest BCUT2D eigenvalue weighted by Crippen LogP contribution is 2.21. The van der Waals surface area contributed by atoms with Crippen molar-refractivity contribution in [3.63, 3.8) is 0 Å². The molecule has 0 atom stereocenters. The number of benzene rings is 1. The minimum Gasteiger partial charge on any atom is -0.398 e. The lowest BCUT2D eigenvalue weighted by atomic mass is 10.1. The summed E-state index contributed by atoms with van der Waals surface area (Å²) >= 11 is 4.78. The first kappa shape index (κ1) is 11.6. The third kappa shape index (κ3) is 3.03. The van der Waals surface area contributed by atoms with Crippen LogP contribution < -0.4 is 5.73 Å². The van der Waals surface area contributed by atoms with Crippen molar-refractivity contribution in [3.8, 4) is 0 Å². The quantitative estimate of drug-likeness (QED) is 0.521. The monoisotopic (exact) mass is 273 g/mol. The van der Waals surface area contributed by atoms with Crippen molar-refractivity contribution in [3.05, 3.63) is 23.8 Å². The molecule has 1 rings (SSSR count). The van der Waals surface area contributed by atoms with Crippen molar-refractivity contribution in [2.24, 2.45) is 0 Å². The van der Waals surface area contributed by atoms with E-state index in [4.69, 9.17) is 5.73 Å². The molecule has 4 heteroatoms. The number of carbonyl (C=O) groups is 1.